The molecule has 0 aliphatic carbocycles. The fourth-order valence-corrected chi connectivity index (χ4v) is 2.90. The predicted octanol–water partition coefficient (Wildman–Crippen LogP) is 5.81. The molecule has 0 saturated heterocycles. The number of nitrogens with one attached hydrogen (secondary N) is 1. The minimum Gasteiger partial charge on any atom is -0.306 e. The second kappa shape index (κ2) is 7.04. The van der Waals surface area contributed by atoms with E-state index in [2.05, 4.69) is 44.6 Å². The molecule has 0 spiro atoms. The van der Waals surface area contributed by atoms with Crippen LogP contribution in [0.2, 0.25) is 5.02 Å². The summed E-state index contributed by atoms with van der Waals surface area (Å²) in [5.74, 6) is -0.432. The number of hydrogen-bond acceptors (Lipinski definition) is 2. The van der Waals surface area contributed by atoms with Gasteiger partial charge in [0, 0.05) is 17.1 Å². The van der Waals surface area contributed by atoms with E-state index in [9.17, 15) is 4.39 Å². The SMILES string of the molecule is C=C(C)c1cc(C(C)(C)NC(C)C)cc(-c2ccc(F)c(Cl)c2)n1. The average molecular weight is 347 g/mol. The van der Waals surface area contributed by atoms with Gasteiger partial charge in [-0.15, -0.1) is 0 Å². The van der Waals surface area contributed by atoms with Crippen LogP contribution in [0.15, 0.2) is 36.9 Å². The maximum absolute atomic E-state index is 13.5. The van der Waals surface area contributed by atoms with Crippen molar-refractivity contribution in [3.8, 4) is 11.3 Å². The van der Waals surface area contributed by atoms with Gasteiger partial charge >= 0.3 is 0 Å². The summed E-state index contributed by atoms with van der Waals surface area (Å²) in [6.07, 6.45) is 0. The van der Waals surface area contributed by atoms with Crippen LogP contribution in [-0.2, 0) is 5.54 Å². The van der Waals surface area contributed by atoms with Gasteiger partial charge in [0.2, 0.25) is 0 Å². The fourth-order valence-electron chi connectivity index (χ4n) is 2.72. The van der Waals surface area contributed by atoms with Gasteiger partial charge in [-0.2, -0.15) is 0 Å². The van der Waals surface area contributed by atoms with Crippen molar-refractivity contribution in [2.75, 3.05) is 0 Å². The minimum atomic E-state index is -0.432. The molecule has 0 aliphatic rings. The molecule has 0 saturated carbocycles. The third-order valence-corrected chi connectivity index (χ3v) is 4.14. The number of pyridine rings is 1. The summed E-state index contributed by atoms with van der Waals surface area (Å²) >= 11 is 5.93. The lowest BCUT2D eigenvalue weighted by Crippen LogP contribution is -2.41. The number of benzene rings is 1. The molecule has 0 aliphatic heterocycles. The summed E-state index contributed by atoms with van der Waals surface area (Å²) < 4.78 is 13.5. The van der Waals surface area contributed by atoms with Crippen LogP contribution in [-0.4, -0.2) is 11.0 Å². The Hall–Kier alpha value is -1.71. The molecule has 2 aromatic rings. The lowest BCUT2D eigenvalue weighted by Gasteiger charge is -2.30. The van der Waals surface area contributed by atoms with Crippen LogP contribution in [0.3, 0.4) is 0 Å². The molecule has 1 aromatic carbocycles. The first-order valence-corrected chi connectivity index (χ1v) is 8.39. The van der Waals surface area contributed by atoms with Crippen LogP contribution in [0.1, 0.15) is 45.9 Å². The van der Waals surface area contributed by atoms with Crippen molar-refractivity contribution in [1.82, 2.24) is 10.3 Å². The first-order valence-electron chi connectivity index (χ1n) is 8.01. The number of allylic oxidation sites excluding steroid dienone is 1. The Kier molecular flexibility index (Phi) is 5.46. The lowest BCUT2D eigenvalue weighted by molar-refractivity contribution is 0.365. The molecule has 2 nitrogen and oxygen atoms in total. The van der Waals surface area contributed by atoms with Crippen molar-refractivity contribution in [3.63, 3.8) is 0 Å². The minimum absolute atomic E-state index is 0.0937. The van der Waals surface area contributed by atoms with Gasteiger partial charge in [0.25, 0.3) is 0 Å². The van der Waals surface area contributed by atoms with E-state index in [-0.39, 0.29) is 10.6 Å². The van der Waals surface area contributed by atoms with Gasteiger partial charge < -0.3 is 5.32 Å². The van der Waals surface area contributed by atoms with Crippen molar-refractivity contribution in [1.29, 1.82) is 0 Å². The predicted molar refractivity (Wildman–Crippen MR) is 101 cm³/mol. The van der Waals surface area contributed by atoms with Gasteiger partial charge in [0.1, 0.15) is 5.82 Å². The molecule has 0 radical (unpaired) electrons. The van der Waals surface area contributed by atoms with Crippen LogP contribution < -0.4 is 5.32 Å². The number of rotatable bonds is 5. The highest BCUT2D eigenvalue weighted by molar-refractivity contribution is 6.31. The van der Waals surface area contributed by atoms with Crippen molar-refractivity contribution in [3.05, 3.63) is 59.0 Å². The Labute approximate surface area is 148 Å². The first kappa shape index (κ1) is 18.6. The standard InChI is InChI=1S/C20H24ClFN2/c1-12(2)18-10-15(20(5,6)24-13(3)4)11-19(23-18)14-7-8-17(22)16(21)9-14/h7-11,13,24H,1H2,2-6H3. The van der Waals surface area contributed by atoms with E-state index >= 15 is 0 Å². The van der Waals surface area contributed by atoms with Gasteiger partial charge in [-0.1, -0.05) is 32.0 Å². The van der Waals surface area contributed by atoms with E-state index in [4.69, 9.17) is 11.6 Å². The monoisotopic (exact) mass is 346 g/mol. The molecule has 1 aromatic heterocycles. The van der Waals surface area contributed by atoms with E-state index in [1.165, 1.54) is 6.07 Å². The summed E-state index contributed by atoms with van der Waals surface area (Å²) in [5.41, 5.74) is 4.10. The Morgan fingerprint density at radius 3 is 2.46 bits per heavy atom. The van der Waals surface area contributed by atoms with Crippen LogP contribution >= 0.6 is 11.6 Å². The summed E-state index contributed by atoms with van der Waals surface area (Å²) in [6, 6.07) is 9.07. The molecule has 0 unspecified atom stereocenters. The number of hydrogen-bond donors (Lipinski definition) is 1. The molecule has 0 bridgehead atoms. The third kappa shape index (κ3) is 4.22. The Morgan fingerprint density at radius 1 is 1.25 bits per heavy atom. The van der Waals surface area contributed by atoms with E-state index in [1.807, 2.05) is 19.1 Å². The van der Waals surface area contributed by atoms with E-state index in [0.29, 0.717) is 6.04 Å². The Bertz CT molecular complexity index is 766. The van der Waals surface area contributed by atoms with Crippen LogP contribution in [0.4, 0.5) is 4.39 Å². The zero-order chi connectivity index (χ0) is 18.1. The average Bonchev–Trinajstić information content (AvgIpc) is 2.48. The highest BCUT2D eigenvalue weighted by Gasteiger charge is 2.23. The van der Waals surface area contributed by atoms with Crippen LogP contribution in [0.25, 0.3) is 16.8 Å². The quantitative estimate of drug-likeness (QED) is 0.739. The first-order chi connectivity index (χ1) is 11.1. The van der Waals surface area contributed by atoms with Crippen molar-refractivity contribution >= 4 is 17.2 Å². The summed E-state index contributed by atoms with van der Waals surface area (Å²) in [7, 11) is 0. The molecule has 128 valence electrons. The van der Waals surface area contributed by atoms with Gasteiger partial charge in [-0.25, -0.2) is 9.37 Å². The smallest absolute Gasteiger partial charge is 0.141 e. The largest absolute Gasteiger partial charge is 0.306 e. The third-order valence-electron chi connectivity index (χ3n) is 3.85. The zero-order valence-corrected chi connectivity index (χ0v) is 15.6. The zero-order valence-electron chi connectivity index (χ0n) is 14.9. The Morgan fingerprint density at radius 2 is 1.92 bits per heavy atom. The molecular weight excluding hydrogens is 323 g/mol. The Balaban J connectivity index is 2.60. The molecule has 0 fully saturated rings. The molecule has 1 heterocycles. The van der Waals surface area contributed by atoms with Gasteiger partial charge in [-0.05, 0) is 62.2 Å². The molecule has 1 N–H and O–H groups in total. The number of halogens is 2. The highest BCUT2D eigenvalue weighted by atomic mass is 35.5. The summed E-state index contributed by atoms with van der Waals surface area (Å²) in [4.78, 5) is 4.66. The molecule has 2 rings (SSSR count). The maximum Gasteiger partial charge on any atom is 0.141 e. The number of aromatic nitrogens is 1. The number of nitrogens with zero attached hydrogens (tertiary/aromatic N) is 1. The van der Waals surface area contributed by atoms with Crippen LogP contribution in [0, 0.1) is 5.82 Å². The van der Waals surface area contributed by atoms with Crippen molar-refractivity contribution < 1.29 is 4.39 Å². The topological polar surface area (TPSA) is 24.9 Å². The maximum atomic E-state index is 13.5. The molecule has 0 atom stereocenters. The molecular formula is C20H24ClFN2. The lowest BCUT2D eigenvalue weighted by atomic mass is 9.91. The van der Waals surface area contributed by atoms with Crippen molar-refractivity contribution in [2.24, 2.45) is 0 Å². The van der Waals surface area contributed by atoms with Crippen LogP contribution in [0.5, 0.6) is 0 Å². The van der Waals surface area contributed by atoms with Gasteiger partial charge in [0.05, 0.1) is 16.4 Å². The van der Waals surface area contributed by atoms with Gasteiger partial charge in [0.15, 0.2) is 0 Å². The van der Waals surface area contributed by atoms with Crippen molar-refractivity contribution in [2.45, 2.75) is 46.2 Å². The molecule has 0 amide bonds. The van der Waals surface area contributed by atoms with E-state index in [1.54, 1.807) is 12.1 Å². The summed E-state index contributed by atoms with van der Waals surface area (Å²) in [6.45, 7) is 14.4. The second-order valence-electron chi connectivity index (χ2n) is 6.96. The van der Waals surface area contributed by atoms with Gasteiger partial charge in [-0.3, -0.25) is 0 Å². The van der Waals surface area contributed by atoms with E-state index in [0.717, 1.165) is 28.1 Å². The summed E-state index contributed by atoms with van der Waals surface area (Å²) in [5, 5.41) is 3.65. The fraction of sp³-hybridized carbons (Fsp3) is 0.350. The normalized spacial score (nSPS) is 11.8. The molecule has 24 heavy (non-hydrogen) atoms. The highest BCUT2D eigenvalue weighted by Crippen LogP contribution is 2.30. The molecule has 4 heteroatoms. The second-order valence-corrected chi connectivity index (χ2v) is 7.37. The van der Waals surface area contributed by atoms with E-state index < -0.39 is 5.82 Å².